The highest BCUT2D eigenvalue weighted by molar-refractivity contribution is 9.10. The molecule has 0 aliphatic carbocycles. The summed E-state index contributed by atoms with van der Waals surface area (Å²) in [5.74, 6) is -0.830. The van der Waals surface area contributed by atoms with E-state index in [1.54, 1.807) is 19.1 Å². The van der Waals surface area contributed by atoms with Gasteiger partial charge in [0.25, 0.3) is 0 Å². The zero-order valence-corrected chi connectivity index (χ0v) is 12.1. The van der Waals surface area contributed by atoms with Crippen molar-refractivity contribution in [2.75, 3.05) is 7.11 Å². The lowest BCUT2D eigenvalue weighted by Crippen LogP contribution is -1.99. The first-order valence-corrected chi connectivity index (χ1v) is 6.65. The van der Waals surface area contributed by atoms with Crippen LogP contribution in [0.5, 0.6) is 0 Å². The lowest BCUT2D eigenvalue weighted by molar-refractivity contribution is 0.0605. The molecule has 0 bridgehead atoms. The van der Waals surface area contributed by atoms with Crippen molar-refractivity contribution >= 4 is 33.2 Å². The Bertz CT molecular complexity index is 612. The first-order valence-electron chi connectivity index (χ1n) is 5.04. The number of hydrogen-bond donors (Lipinski definition) is 0. The summed E-state index contributed by atoms with van der Waals surface area (Å²) < 4.78 is 19.1. The van der Waals surface area contributed by atoms with Gasteiger partial charge in [-0.2, -0.15) is 0 Å². The minimum Gasteiger partial charge on any atom is -0.465 e. The van der Waals surface area contributed by atoms with Crippen LogP contribution in [0.3, 0.4) is 0 Å². The molecule has 0 saturated heterocycles. The summed E-state index contributed by atoms with van der Waals surface area (Å²) in [5.41, 5.74) is 0.922. The van der Waals surface area contributed by atoms with Crippen LogP contribution in [0, 0.1) is 12.7 Å². The number of esters is 1. The predicted molar refractivity (Wildman–Crippen MR) is 71.3 cm³/mol. The molecule has 2 rings (SSSR count). The summed E-state index contributed by atoms with van der Waals surface area (Å²) in [6.45, 7) is 1.70. The zero-order chi connectivity index (χ0) is 13.3. The number of halogens is 2. The number of nitrogens with zero attached hydrogens (tertiary/aromatic N) is 1. The van der Waals surface area contributed by atoms with Crippen molar-refractivity contribution in [1.82, 2.24) is 4.98 Å². The van der Waals surface area contributed by atoms with Crippen molar-refractivity contribution in [2.45, 2.75) is 6.92 Å². The minimum atomic E-state index is -0.450. The quantitative estimate of drug-likeness (QED) is 0.786. The molecule has 0 aliphatic rings. The number of methoxy groups -OCH3 is 1. The average molecular weight is 330 g/mol. The molecule has 0 N–H and O–H groups in total. The summed E-state index contributed by atoms with van der Waals surface area (Å²) in [4.78, 5) is 16.1. The molecule has 1 aromatic heterocycles. The molecule has 0 atom stereocenters. The Morgan fingerprint density at radius 1 is 1.50 bits per heavy atom. The summed E-state index contributed by atoms with van der Waals surface area (Å²) in [6, 6.07) is 4.72. The Balaban J connectivity index is 2.49. The largest absolute Gasteiger partial charge is 0.465 e. The molecular weight excluding hydrogens is 321 g/mol. The molecule has 0 aliphatic heterocycles. The van der Waals surface area contributed by atoms with Gasteiger partial charge in [-0.25, -0.2) is 14.2 Å². The molecule has 0 saturated carbocycles. The molecule has 3 nitrogen and oxygen atoms in total. The van der Waals surface area contributed by atoms with Crippen LogP contribution in [0.25, 0.3) is 10.6 Å². The van der Waals surface area contributed by atoms with Crippen LogP contribution in [0.1, 0.15) is 15.4 Å². The van der Waals surface area contributed by atoms with Gasteiger partial charge in [-0.15, -0.1) is 11.3 Å². The van der Waals surface area contributed by atoms with Gasteiger partial charge in [0.1, 0.15) is 15.7 Å². The van der Waals surface area contributed by atoms with Gasteiger partial charge < -0.3 is 4.74 Å². The van der Waals surface area contributed by atoms with E-state index >= 15 is 0 Å². The van der Waals surface area contributed by atoms with Gasteiger partial charge in [-0.05, 0) is 25.1 Å². The normalized spacial score (nSPS) is 10.4. The smallest absolute Gasteiger partial charge is 0.349 e. The van der Waals surface area contributed by atoms with E-state index in [4.69, 9.17) is 0 Å². The van der Waals surface area contributed by atoms with Crippen LogP contribution < -0.4 is 0 Å². The fourth-order valence-electron chi connectivity index (χ4n) is 1.46. The second-order valence-electron chi connectivity index (χ2n) is 3.55. The number of carbonyl (C=O) groups is 1. The Labute approximate surface area is 116 Å². The van der Waals surface area contributed by atoms with E-state index in [9.17, 15) is 9.18 Å². The van der Waals surface area contributed by atoms with Crippen LogP contribution >= 0.6 is 27.3 Å². The molecule has 0 amide bonds. The highest BCUT2D eigenvalue weighted by Gasteiger charge is 2.18. The summed E-state index contributed by atoms with van der Waals surface area (Å²) in [7, 11) is 1.31. The second kappa shape index (κ2) is 5.16. The number of aryl methyl sites for hydroxylation is 1. The molecule has 2 aromatic rings. The second-order valence-corrected chi connectivity index (χ2v) is 5.46. The highest BCUT2D eigenvalue weighted by atomic mass is 79.9. The molecule has 6 heteroatoms. The van der Waals surface area contributed by atoms with E-state index in [-0.39, 0.29) is 5.82 Å². The maximum atomic E-state index is 13.8. The number of hydrogen-bond acceptors (Lipinski definition) is 4. The third-order valence-corrected chi connectivity index (χ3v) is 3.99. The summed E-state index contributed by atoms with van der Waals surface area (Å²) >= 11 is 4.32. The van der Waals surface area contributed by atoms with Crippen molar-refractivity contribution in [3.05, 3.63) is 39.1 Å². The third-order valence-electron chi connectivity index (χ3n) is 2.33. The van der Waals surface area contributed by atoms with E-state index in [2.05, 4.69) is 25.7 Å². The SMILES string of the molecule is COC(=O)c1sc(-c2ccc(Br)cc2F)nc1C. The Morgan fingerprint density at radius 3 is 2.83 bits per heavy atom. The van der Waals surface area contributed by atoms with E-state index in [0.717, 1.165) is 11.3 Å². The molecule has 1 heterocycles. The van der Waals surface area contributed by atoms with Gasteiger partial charge >= 0.3 is 5.97 Å². The van der Waals surface area contributed by atoms with Gasteiger partial charge in [0.15, 0.2) is 0 Å². The molecule has 94 valence electrons. The molecule has 1 aromatic carbocycles. The van der Waals surface area contributed by atoms with Gasteiger partial charge in [0.05, 0.1) is 12.8 Å². The number of aromatic nitrogens is 1. The Kier molecular flexibility index (Phi) is 3.77. The first-order chi connectivity index (χ1) is 8.52. The van der Waals surface area contributed by atoms with Crippen LogP contribution in [-0.4, -0.2) is 18.1 Å². The summed E-state index contributed by atoms with van der Waals surface area (Å²) in [6.07, 6.45) is 0. The molecular formula is C12H9BrFNO2S. The van der Waals surface area contributed by atoms with Crippen LogP contribution in [0.2, 0.25) is 0 Å². The van der Waals surface area contributed by atoms with Crippen molar-refractivity contribution < 1.29 is 13.9 Å². The van der Waals surface area contributed by atoms with Gasteiger partial charge in [0.2, 0.25) is 0 Å². The number of carbonyl (C=O) groups excluding carboxylic acids is 1. The Morgan fingerprint density at radius 2 is 2.22 bits per heavy atom. The number of benzene rings is 1. The number of thiazole rings is 1. The minimum absolute atomic E-state index is 0.376. The van der Waals surface area contributed by atoms with Crippen LogP contribution in [-0.2, 0) is 4.74 Å². The lowest BCUT2D eigenvalue weighted by Gasteiger charge is -1.98. The van der Waals surface area contributed by atoms with Crippen molar-refractivity contribution in [3.63, 3.8) is 0 Å². The average Bonchev–Trinajstić information content (AvgIpc) is 2.70. The zero-order valence-electron chi connectivity index (χ0n) is 9.66. The third kappa shape index (κ3) is 2.44. The topological polar surface area (TPSA) is 39.2 Å². The lowest BCUT2D eigenvalue weighted by atomic mass is 10.2. The van der Waals surface area contributed by atoms with Crippen molar-refractivity contribution in [3.8, 4) is 10.6 Å². The van der Waals surface area contributed by atoms with E-state index in [1.165, 1.54) is 13.2 Å². The van der Waals surface area contributed by atoms with Gasteiger partial charge in [-0.1, -0.05) is 15.9 Å². The molecule has 0 fully saturated rings. The van der Waals surface area contributed by atoms with Crippen LogP contribution in [0.15, 0.2) is 22.7 Å². The number of rotatable bonds is 2. The maximum absolute atomic E-state index is 13.8. The monoisotopic (exact) mass is 329 g/mol. The molecule has 0 unspecified atom stereocenters. The Hall–Kier alpha value is -1.27. The van der Waals surface area contributed by atoms with E-state index in [1.807, 2.05) is 0 Å². The maximum Gasteiger partial charge on any atom is 0.349 e. The van der Waals surface area contributed by atoms with E-state index < -0.39 is 5.97 Å². The standard InChI is InChI=1S/C12H9BrFNO2S/c1-6-10(12(16)17-2)18-11(15-6)8-4-3-7(13)5-9(8)14/h3-5H,1-2H3. The molecule has 18 heavy (non-hydrogen) atoms. The fraction of sp³-hybridized carbons (Fsp3) is 0.167. The van der Waals surface area contributed by atoms with Gasteiger partial charge in [0, 0.05) is 10.0 Å². The van der Waals surface area contributed by atoms with Crippen molar-refractivity contribution in [2.24, 2.45) is 0 Å². The number of ether oxygens (including phenoxy) is 1. The first kappa shape index (κ1) is 13.2. The van der Waals surface area contributed by atoms with Crippen LogP contribution in [0.4, 0.5) is 4.39 Å². The van der Waals surface area contributed by atoms with E-state index in [0.29, 0.717) is 25.6 Å². The summed E-state index contributed by atoms with van der Waals surface area (Å²) in [5, 5.41) is 0.470. The predicted octanol–water partition coefficient (Wildman–Crippen LogP) is 3.81. The molecule has 0 spiro atoms. The van der Waals surface area contributed by atoms with Gasteiger partial charge in [-0.3, -0.25) is 0 Å². The fourth-order valence-corrected chi connectivity index (χ4v) is 2.80. The highest BCUT2D eigenvalue weighted by Crippen LogP contribution is 2.31. The molecule has 0 radical (unpaired) electrons. The van der Waals surface area contributed by atoms with Crippen molar-refractivity contribution in [1.29, 1.82) is 0 Å².